The van der Waals surface area contributed by atoms with Crippen LogP contribution in [0.1, 0.15) is 0 Å². The number of carbonyl (C=O) groups excluding carboxylic acids is 1. The smallest absolute Gasteiger partial charge is 0.257 e. The maximum absolute atomic E-state index is 11.2. The van der Waals surface area contributed by atoms with Crippen molar-refractivity contribution in [3.05, 3.63) is 29.3 Å². The molecule has 82 valence electrons. The highest BCUT2D eigenvalue weighted by Gasteiger charge is 2.03. The third-order valence-corrected chi connectivity index (χ3v) is 1.97. The number of para-hydroxylation sites is 1. The lowest BCUT2D eigenvalue weighted by Crippen LogP contribution is -2.32. The summed E-state index contributed by atoms with van der Waals surface area (Å²) < 4.78 is 5.21. The average Bonchev–Trinajstić information content (AvgIpc) is 2.25. The molecule has 4 nitrogen and oxygen atoms in total. The van der Waals surface area contributed by atoms with Gasteiger partial charge in [0.25, 0.3) is 5.91 Å². The van der Waals surface area contributed by atoms with Crippen LogP contribution in [0.3, 0.4) is 0 Å². The Morgan fingerprint density at radius 1 is 1.47 bits per heavy atom. The van der Waals surface area contributed by atoms with Crippen LogP contribution in [-0.2, 0) is 4.79 Å². The van der Waals surface area contributed by atoms with Crippen molar-refractivity contribution in [2.45, 2.75) is 0 Å². The van der Waals surface area contributed by atoms with Crippen LogP contribution in [0.15, 0.2) is 24.3 Å². The Balaban J connectivity index is 2.37. The summed E-state index contributed by atoms with van der Waals surface area (Å²) in [5.41, 5.74) is 5.23. The van der Waals surface area contributed by atoms with Gasteiger partial charge in [-0.15, -0.1) is 0 Å². The molecular weight excluding hydrogens is 216 g/mol. The molecule has 0 saturated heterocycles. The van der Waals surface area contributed by atoms with Crippen molar-refractivity contribution in [2.24, 2.45) is 5.73 Å². The standard InChI is InChI=1S/C10H13ClN2O2/c11-8-3-1-2-4-9(8)15-7-10(14)13-6-5-12/h1-4H,5-7,12H2,(H,13,14). The van der Waals surface area contributed by atoms with Gasteiger partial charge in [0.2, 0.25) is 0 Å². The van der Waals surface area contributed by atoms with Crippen molar-refractivity contribution in [2.75, 3.05) is 19.7 Å². The van der Waals surface area contributed by atoms with E-state index in [-0.39, 0.29) is 12.5 Å². The minimum atomic E-state index is -0.208. The maximum Gasteiger partial charge on any atom is 0.257 e. The van der Waals surface area contributed by atoms with Crippen LogP contribution in [0.25, 0.3) is 0 Å². The molecule has 0 aliphatic rings. The van der Waals surface area contributed by atoms with Gasteiger partial charge in [0.15, 0.2) is 6.61 Å². The molecule has 0 fully saturated rings. The summed E-state index contributed by atoms with van der Waals surface area (Å²) in [4.78, 5) is 11.2. The number of ether oxygens (including phenoxy) is 1. The number of hydrogen-bond donors (Lipinski definition) is 2. The predicted molar refractivity (Wildman–Crippen MR) is 59.0 cm³/mol. The van der Waals surface area contributed by atoms with Gasteiger partial charge in [-0.1, -0.05) is 23.7 Å². The number of hydrogen-bond acceptors (Lipinski definition) is 3. The van der Waals surface area contributed by atoms with E-state index in [1.807, 2.05) is 0 Å². The molecule has 1 aromatic rings. The number of nitrogens with two attached hydrogens (primary N) is 1. The van der Waals surface area contributed by atoms with Gasteiger partial charge in [-0.05, 0) is 12.1 Å². The molecule has 0 radical (unpaired) electrons. The lowest BCUT2D eigenvalue weighted by Gasteiger charge is -2.07. The zero-order valence-electron chi connectivity index (χ0n) is 8.20. The van der Waals surface area contributed by atoms with Crippen molar-refractivity contribution >= 4 is 17.5 Å². The van der Waals surface area contributed by atoms with E-state index in [0.717, 1.165) is 0 Å². The van der Waals surface area contributed by atoms with Crippen LogP contribution >= 0.6 is 11.6 Å². The highest BCUT2D eigenvalue weighted by atomic mass is 35.5. The van der Waals surface area contributed by atoms with Gasteiger partial charge in [0, 0.05) is 13.1 Å². The summed E-state index contributed by atoms with van der Waals surface area (Å²) in [5.74, 6) is 0.294. The summed E-state index contributed by atoms with van der Waals surface area (Å²) in [6, 6.07) is 7.00. The molecule has 0 aliphatic carbocycles. The maximum atomic E-state index is 11.2. The van der Waals surface area contributed by atoms with Gasteiger partial charge in [-0.2, -0.15) is 0 Å². The SMILES string of the molecule is NCCNC(=O)COc1ccccc1Cl. The molecule has 0 atom stereocenters. The normalized spacial score (nSPS) is 9.73. The Hall–Kier alpha value is -1.26. The second-order valence-electron chi connectivity index (χ2n) is 2.86. The summed E-state index contributed by atoms with van der Waals surface area (Å²) in [7, 11) is 0. The molecule has 0 saturated carbocycles. The van der Waals surface area contributed by atoms with E-state index in [2.05, 4.69) is 5.32 Å². The molecule has 0 bridgehead atoms. The van der Waals surface area contributed by atoms with Crippen molar-refractivity contribution in [1.29, 1.82) is 0 Å². The van der Waals surface area contributed by atoms with E-state index in [9.17, 15) is 4.79 Å². The molecule has 0 heterocycles. The molecule has 5 heteroatoms. The third-order valence-electron chi connectivity index (χ3n) is 1.66. The number of rotatable bonds is 5. The van der Waals surface area contributed by atoms with E-state index in [0.29, 0.717) is 23.9 Å². The van der Waals surface area contributed by atoms with Crippen molar-refractivity contribution in [3.63, 3.8) is 0 Å². The first-order valence-corrected chi connectivity index (χ1v) is 4.96. The summed E-state index contributed by atoms with van der Waals surface area (Å²) in [5, 5.41) is 3.08. The molecule has 0 aliphatic heterocycles. The lowest BCUT2D eigenvalue weighted by molar-refractivity contribution is -0.123. The zero-order chi connectivity index (χ0) is 11.1. The number of amides is 1. The quantitative estimate of drug-likeness (QED) is 0.784. The number of carbonyl (C=O) groups is 1. The molecule has 15 heavy (non-hydrogen) atoms. The Labute approximate surface area is 93.4 Å². The molecule has 0 unspecified atom stereocenters. The first kappa shape index (κ1) is 11.8. The van der Waals surface area contributed by atoms with Crippen LogP contribution in [0, 0.1) is 0 Å². The fourth-order valence-corrected chi connectivity index (χ4v) is 1.16. The van der Waals surface area contributed by atoms with Crippen LogP contribution in [0.4, 0.5) is 0 Å². The van der Waals surface area contributed by atoms with E-state index in [1.165, 1.54) is 0 Å². The molecule has 0 aromatic heterocycles. The van der Waals surface area contributed by atoms with Gasteiger partial charge < -0.3 is 15.8 Å². The van der Waals surface area contributed by atoms with Gasteiger partial charge in [0.1, 0.15) is 5.75 Å². The molecular formula is C10H13ClN2O2. The van der Waals surface area contributed by atoms with Crippen LogP contribution in [0.2, 0.25) is 5.02 Å². The second kappa shape index (κ2) is 6.27. The fourth-order valence-electron chi connectivity index (χ4n) is 0.968. The minimum Gasteiger partial charge on any atom is -0.482 e. The average molecular weight is 229 g/mol. The number of halogens is 1. The predicted octanol–water partition coefficient (Wildman–Crippen LogP) is 0.794. The molecule has 0 spiro atoms. The van der Waals surface area contributed by atoms with Gasteiger partial charge in [-0.3, -0.25) is 4.79 Å². The Morgan fingerprint density at radius 3 is 2.87 bits per heavy atom. The van der Waals surface area contributed by atoms with Crippen molar-refractivity contribution in [3.8, 4) is 5.75 Å². The van der Waals surface area contributed by atoms with E-state index < -0.39 is 0 Å². The minimum absolute atomic E-state index is 0.0519. The second-order valence-corrected chi connectivity index (χ2v) is 3.26. The zero-order valence-corrected chi connectivity index (χ0v) is 8.96. The van der Waals surface area contributed by atoms with Gasteiger partial charge in [-0.25, -0.2) is 0 Å². The fraction of sp³-hybridized carbons (Fsp3) is 0.300. The van der Waals surface area contributed by atoms with Crippen molar-refractivity contribution in [1.82, 2.24) is 5.32 Å². The van der Waals surface area contributed by atoms with E-state index in [4.69, 9.17) is 22.1 Å². The largest absolute Gasteiger partial charge is 0.482 e. The Morgan fingerprint density at radius 2 is 2.20 bits per heavy atom. The summed E-state index contributed by atoms with van der Waals surface area (Å²) in [6.07, 6.45) is 0. The number of benzene rings is 1. The van der Waals surface area contributed by atoms with E-state index >= 15 is 0 Å². The van der Waals surface area contributed by atoms with E-state index in [1.54, 1.807) is 24.3 Å². The first-order chi connectivity index (χ1) is 7.24. The van der Waals surface area contributed by atoms with Gasteiger partial charge >= 0.3 is 0 Å². The molecule has 3 N–H and O–H groups in total. The number of nitrogens with one attached hydrogen (secondary N) is 1. The van der Waals surface area contributed by atoms with Crippen LogP contribution in [0.5, 0.6) is 5.75 Å². The van der Waals surface area contributed by atoms with Crippen LogP contribution < -0.4 is 15.8 Å². The highest BCUT2D eigenvalue weighted by Crippen LogP contribution is 2.22. The summed E-state index contributed by atoms with van der Waals surface area (Å²) >= 11 is 5.84. The monoisotopic (exact) mass is 228 g/mol. The molecule has 1 rings (SSSR count). The third kappa shape index (κ3) is 4.18. The highest BCUT2D eigenvalue weighted by molar-refractivity contribution is 6.32. The molecule has 1 aromatic carbocycles. The topological polar surface area (TPSA) is 64.3 Å². The lowest BCUT2D eigenvalue weighted by atomic mass is 10.3. The first-order valence-electron chi connectivity index (χ1n) is 4.58. The van der Waals surface area contributed by atoms with Gasteiger partial charge in [0.05, 0.1) is 5.02 Å². The van der Waals surface area contributed by atoms with Crippen LogP contribution in [-0.4, -0.2) is 25.6 Å². The molecule has 1 amide bonds. The summed E-state index contributed by atoms with van der Waals surface area (Å²) in [6.45, 7) is 0.812. The van der Waals surface area contributed by atoms with Crippen molar-refractivity contribution < 1.29 is 9.53 Å². The Kier molecular flexibility index (Phi) is 4.93. The Bertz CT molecular complexity index is 331.